The molecule has 6 heteroatoms. The van der Waals surface area contributed by atoms with Crippen LogP contribution in [0.2, 0.25) is 0 Å². The highest BCUT2D eigenvalue weighted by atomic mass is 16.5. The van der Waals surface area contributed by atoms with Crippen LogP contribution >= 0.6 is 0 Å². The van der Waals surface area contributed by atoms with Gasteiger partial charge in [0.2, 0.25) is 5.91 Å². The maximum atomic E-state index is 12.4. The summed E-state index contributed by atoms with van der Waals surface area (Å²) in [6, 6.07) is 5.82. The van der Waals surface area contributed by atoms with Crippen molar-refractivity contribution in [3.05, 3.63) is 29.3 Å². The first-order valence-electron chi connectivity index (χ1n) is 7.29. The first-order chi connectivity index (χ1) is 10.5. The van der Waals surface area contributed by atoms with Crippen molar-refractivity contribution in [2.45, 2.75) is 13.3 Å². The second-order valence-corrected chi connectivity index (χ2v) is 5.33. The normalized spacial score (nSPS) is 14.7. The summed E-state index contributed by atoms with van der Waals surface area (Å²) in [5, 5.41) is 0. The van der Waals surface area contributed by atoms with E-state index in [1.807, 2.05) is 25.1 Å². The van der Waals surface area contributed by atoms with Gasteiger partial charge in [0.1, 0.15) is 5.75 Å². The predicted molar refractivity (Wildman–Crippen MR) is 82.0 cm³/mol. The number of aryl methyl sites for hydroxylation is 1. The van der Waals surface area contributed by atoms with Crippen LogP contribution in [0.1, 0.15) is 11.1 Å². The van der Waals surface area contributed by atoms with Crippen LogP contribution in [0.4, 0.5) is 4.79 Å². The van der Waals surface area contributed by atoms with E-state index in [0.717, 1.165) is 16.9 Å². The number of nitrogens with zero attached hydrogens (tertiary/aromatic N) is 2. The Morgan fingerprint density at radius 1 is 1.09 bits per heavy atom. The van der Waals surface area contributed by atoms with Crippen molar-refractivity contribution in [1.82, 2.24) is 9.80 Å². The molecule has 1 aromatic rings. The summed E-state index contributed by atoms with van der Waals surface area (Å²) < 4.78 is 10.0. The molecule has 22 heavy (non-hydrogen) atoms. The van der Waals surface area contributed by atoms with Crippen molar-refractivity contribution in [3.8, 4) is 5.75 Å². The average Bonchev–Trinajstić information content (AvgIpc) is 2.54. The van der Waals surface area contributed by atoms with E-state index in [0.29, 0.717) is 32.6 Å². The summed E-state index contributed by atoms with van der Waals surface area (Å²) in [4.78, 5) is 27.3. The maximum Gasteiger partial charge on any atom is 0.409 e. The van der Waals surface area contributed by atoms with Crippen molar-refractivity contribution in [2.24, 2.45) is 0 Å². The van der Waals surface area contributed by atoms with Crippen molar-refractivity contribution < 1.29 is 19.1 Å². The second kappa shape index (κ2) is 7.15. The van der Waals surface area contributed by atoms with Crippen LogP contribution in [0.3, 0.4) is 0 Å². The van der Waals surface area contributed by atoms with Crippen LogP contribution in [0.25, 0.3) is 0 Å². The van der Waals surface area contributed by atoms with E-state index in [9.17, 15) is 9.59 Å². The van der Waals surface area contributed by atoms with Crippen LogP contribution in [0.15, 0.2) is 18.2 Å². The maximum absolute atomic E-state index is 12.4. The van der Waals surface area contributed by atoms with Crippen molar-refractivity contribution in [2.75, 3.05) is 40.4 Å². The van der Waals surface area contributed by atoms with Crippen LogP contribution in [-0.4, -0.2) is 62.2 Å². The number of ether oxygens (including phenoxy) is 2. The molecule has 0 saturated carbocycles. The van der Waals surface area contributed by atoms with E-state index in [-0.39, 0.29) is 12.0 Å². The van der Waals surface area contributed by atoms with Crippen molar-refractivity contribution >= 4 is 12.0 Å². The Labute approximate surface area is 130 Å². The van der Waals surface area contributed by atoms with Gasteiger partial charge in [0, 0.05) is 31.7 Å². The van der Waals surface area contributed by atoms with Crippen molar-refractivity contribution in [1.29, 1.82) is 0 Å². The van der Waals surface area contributed by atoms with Gasteiger partial charge >= 0.3 is 6.09 Å². The van der Waals surface area contributed by atoms with Gasteiger partial charge in [-0.05, 0) is 13.0 Å². The number of carbonyl (C=O) groups is 2. The Kier molecular flexibility index (Phi) is 5.25. The molecular weight excluding hydrogens is 284 g/mol. The molecule has 1 aliphatic heterocycles. The highest BCUT2D eigenvalue weighted by Gasteiger charge is 2.25. The zero-order valence-corrected chi connectivity index (χ0v) is 13.3. The Hall–Kier alpha value is -2.24. The van der Waals surface area contributed by atoms with Crippen LogP contribution in [0, 0.1) is 6.92 Å². The Morgan fingerprint density at radius 2 is 1.73 bits per heavy atom. The molecule has 2 amide bonds. The van der Waals surface area contributed by atoms with Gasteiger partial charge in [0.05, 0.1) is 20.6 Å². The third-order valence-corrected chi connectivity index (χ3v) is 3.84. The molecule has 0 atom stereocenters. The lowest BCUT2D eigenvalue weighted by Crippen LogP contribution is -2.50. The number of carbonyl (C=O) groups excluding carboxylic acids is 2. The summed E-state index contributed by atoms with van der Waals surface area (Å²) in [6.45, 7) is 4.05. The smallest absolute Gasteiger partial charge is 0.409 e. The van der Waals surface area contributed by atoms with Crippen LogP contribution < -0.4 is 4.74 Å². The van der Waals surface area contributed by atoms with Gasteiger partial charge in [0.25, 0.3) is 0 Å². The summed E-state index contributed by atoms with van der Waals surface area (Å²) in [6.07, 6.45) is -0.0317. The highest BCUT2D eigenvalue weighted by Crippen LogP contribution is 2.21. The molecule has 2 rings (SSSR count). The van der Waals surface area contributed by atoms with Crippen LogP contribution in [-0.2, 0) is 16.0 Å². The minimum atomic E-state index is -0.340. The quantitative estimate of drug-likeness (QED) is 0.848. The zero-order valence-electron chi connectivity index (χ0n) is 13.3. The lowest BCUT2D eigenvalue weighted by molar-refractivity contribution is -0.132. The molecule has 1 aromatic carbocycles. The minimum Gasteiger partial charge on any atom is -0.496 e. The minimum absolute atomic E-state index is 0.0495. The number of benzene rings is 1. The molecular formula is C16H22N2O4. The van der Waals surface area contributed by atoms with E-state index in [4.69, 9.17) is 9.47 Å². The molecule has 0 radical (unpaired) electrons. The van der Waals surface area contributed by atoms with E-state index in [2.05, 4.69) is 0 Å². The lowest BCUT2D eigenvalue weighted by atomic mass is 10.1. The monoisotopic (exact) mass is 306 g/mol. The van der Waals surface area contributed by atoms with Gasteiger partial charge in [-0.3, -0.25) is 4.79 Å². The molecule has 6 nitrogen and oxygen atoms in total. The Morgan fingerprint density at radius 3 is 2.32 bits per heavy atom. The van der Waals surface area contributed by atoms with Crippen molar-refractivity contribution in [3.63, 3.8) is 0 Å². The predicted octanol–water partition coefficient (Wildman–Crippen LogP) is 1.46. The fourth-order valence-corrected chi connectivity index (χ4v) is 2.59. The van der Waals surface area contributed by atoms with E-state index in [1.54, 1.807) is 16.9 Å². The fourth-order valence-electron chi connectivity index (χ4n) is 2.59. The van der Waals surface area contributed by atoms with E-state index >= 15 is 0 Å². The largest absolute Gasteiger partial charge is 0.496 e. The summed E-state index contributed by atoms with van der Waals surface area (Å²) in [5.41, 5.74) is 1.99. The van der Waals surface area contributed by atoms with E-state index < -0.39 is 0 Å². The number of hydrogen-bond donors (Lipinski definition) is 0. The summed E-state index contributed by atoms with van der Waals surface area (Å²) in [7, 11) is 2.97. The molecule has 0 N–H and O–H groups in total. The molecule has 0 bridgehead atoms. The average molecular weight is 306 g/mol. The lowest BCUT2D eigenvalue weighted by Gasteiger charge is -2.34. The molecule has 120 valence electrons. The summed E-state index contributed by atoms with van der Waals surface area (Å²) in [5.74, 6) is 0.778. The first kappa shape index (κ1) is 16.1. The molecule has 1 fully saturated rings. The van der Waals surface area contributed by atoms with Gasteiger partial charge < -0.3 is 19.3 Å². The topological polar surface area (TPSA) is 59.1 Å². The van der Waals surface area contributed by atoms with Gasteiger partial charge in [-0.2, -0.15) is 0 Å². The Balaban J connectivity index is 1.96. The van der Waals surface area contributed by atoms with Gasteiger partial charge in [-0.1, -0.05) is 17.7 Å². The molecule has 0 spiro atoms. The molecule has 1 heterocycles. The zero-order chi connectivity index (χ0) is 16.1. The molecule has 0 aromatic heterocycles. The molecule has 0 aliphatic carbocycles. The molecule has 1 saturated heterocycles. The second-order valence-electron chi connectivity index (χ2n) is 5.33. The number of amides is 2. The number of methoxy groups -OCH3 is 2. The standard InChI is InChI=1S/C16H22N2O4/c1-12-4-5-14(21-2)13(10-12)11-15(19)17-6-8-18(9-7-17)16(20)22-3/h4-5,10H,6-9,11H2,1-3H3. The third-order valence-electron chi connectivity index (χ3n) is 3.84. The highest BCUT2D eigenvalue weighted by molar-refractivity contribution is 5.80. The fraction of sp³-hybridized carbons (Fsp3) is 0.500. The van der Waals surface area contributed by atoms with E-state index in [1.165, 1.54) is 7.11 Å². The third kappa shape index (κ3) is 3.69. The number of hydrogen-bond acceptors (Lipinski definition) is 4. The SMILES string of the molecule is COC(=O)N1CCN(C(=O)Cc2cc(C)ccc2OC)CC1. The first-order valence-corrected chi connectivity index (χ1v) is 7.29. The number of rotatable bonds is 3. The molecule has 1 aliphatic rings. The Bertz CT molecular complexity index is 551. The van der Waals surface area contributed by atoms with Gasteiger partial charge in [-0.15, -0.1) is 0 Å². The summed E-state index contributed by atoms with van der Waals surface area (Å²) >= 11 is 0. The molecule has 0 unspecified atom stereocenters. The van der Waals surface area contributed by atoms with Crippen LogP contribution in [0.5, 0.6) is 5.75 Å². The number of piperazine rings is 1. The van der Waals surface area contributed by atoms with Gasteiger partial charge in [-0.25, -0.2) is 4.79 Å². The van der Waals surface area contributed by atoms with Gasteiger partial charge in [0.15, 0.2) is 0 Å².